The van der Waals surface area contributed by atoms with Gasteiger partial charge in [0.1, 0.15) is 5.82 Å². The number of benzene rings is 1. The van der Waals surface area contributed by atoms with Crippen LogP contribution in [0.15, 0.2) is 24.3 Å². The number of alkyl halides is 3. The molecule has 0 aliphatic carbocycles. The fourth-order valence-electron chi connectivity index (χ4n) is 0.691. The van der Waals surface area contributed by atoms with Crippen LogP contribution in [0.25, 0.3) is 0 Å². The molecule has 0 radical (unpaired) electrons. The highest BCUT2D eigenvalue weighted by molar-refractivity contribution is 7.78. The van der Waals surface area contributed by atoms with E-state index >= 15 is 0 Å². The normalized spacial score (nSPS) is 9.71. The van der Waals surface area contributed by atoms with Crippen molar-refractivity contribution in [1.82, 2.24) is 0 Å². The number of hydrogen-bond acceptors (Lipinski definition) is 2. The molecule has 1 aromatic rings. The molecule has 0 fully saturated rings. The van der Waals surface area contributed by atoms with Crippen LogP contribution in [-0.4, -0.2) is 5.16 Å². The fraction of sp³-hybridized carbons (Fsp3) is 0.125. The van der Waals surface area contributed by atoms with Crippen LogP contribution in [0.2, 0.25) is 0 Å². The Hall–Kier alpha value is -1.26. The molecule has 0 unspecified atom stereocenters. The summed E-state index contributed by atoms with van der Waals surface area (Å²) >= 11 is 3.81. The summed E-state index contributed by atoms with van der Waals surface area (Å²) in [4.78, 5) is 0. The van der Waals surface area contributed by atoms with Gasteiger partial charge in [0.25, 0.3) is 0 Å². The molecule has 0 heterocycles. The molecule has 0 bridgehead atoms. The van der Waals surface area contributed by atoms with E-state index in [0.29, 0.717) is 6.07 Å². The maximum Gasteiger partial charge on any atom is 0.419 e. The number of isothiocyanates is 1. The third-order valence-corrected chi connectivity index (χ3v) is 1.18. The highest BCUT2D eigenvalue weighted by atomic mass is 32.1. The van der Waals surface area contributed by atoms with Crippen molar-refractivity contribution in [2.24, 2.45) is 0 Å². The lowest BCUT2D eigenvalue weighted by molar-refractivity contribution is -0.140. The van der Waals surface area contributed by atoms with E-state index in [4.69, 9.17) is 5.41 Å². The van der Waals surface area contributed by atoms with Gasteiger partial charge in [-0.3, -0.25) is 0 Å². The van der Waals surface area contributed by atoms with Crippen molar-refractivity contribution in [3.8, 4) is 0 Å². The van der Waals surface area contributed by atoms with Crippen LogP contribution in [0.4, 0.5) is 17.6 Å². The Morgan fingerprint density at radius 3 is 1.93 bits per heavy atom. The van der Waals surface area contributed by atoms with Gasteiger partial charge in [-0.15, -0.1) is 0 Å². The second-order valence-electron chi connectivity index (χ2n) is 2.08. The molecule has 6 heteroatoms. The van der Waals surface area contributed by atoms with Crippen LogP contribution in [0.1, 0.15) is 5.56 Å². The van der Waals surface area contributed by atoms with Crippen LogP contribution in [0.3, 0.4) is 0 Å². The van der Waals surface area contributed by atoms with E-state index in [1.54, 1.807) is 5.16 Å². The minimum atomic E-state index is -4.59. The molecule has 1 rings (SSSR count). The van der Waals surface area contributed by atoms with E-state index in [2.05, 4.69) is 12.2 Å². The predicted octanol–water partition coefficient (Wildman–Crippen LogP) is 3.51. The number of hydrogen-bond donors (Lipinski definition) is 1. The Bertz CT molecular complexity index is 328. The van der Waals surface area contributed by atoms with Crippen LogP contribution in [0, 0.1) is 11.2 Å². The first kappa shape index (κ1) is 12.7. The average molecular weight is 223 g/mol. The Balaban J connectivity index is 0.000000500. The van der Waals surface area contributed by atoms with Gasteiger partial charge in [0.15, 0.2) is 0 Å². The second-order valence-corrected chi connectivity index (χ2v) is 2.28. The SMILES string of the molecule is Fc1ccccc1C(F)(F)F.N=C=S. The molecule has 1 N–H and O–H groups in total. The Morgan fingerprint density at radius 1 is 1.21 bits per heavy atom. The molecule has 0 aromatic heterocycles. The summed E-state index contributed by atoms with van der Waals surface area (Å²) in [6.45, 7) is 0. The zero-order valence-corrected chi connectivity index (χ0v) is 7.55. The van der Waals surface area contributed by atoms with Crippen molar-refractivity contribution in [3.05, 3.63) is 35.6 Å². The van der Waals surface area contributed by atoms with Gasteiger partial charge in [0, 0.05) is 0 Å². The molecular weight excluding hydrogens is 218 g/mol. The molecule has 0 saturated carbocycles. The van der Waals surface area contributed by atoms with E-state index in [1.807, 2.05) is 0 Å². The summed E-state index contributed by atoms with van der Waals surface area (Å²) in [5.41, 5.74) is -1.22. The first-order chi connectivity index (χ1) is 6.43. The van der Waals surface area contributed by atoms with Gasteiger partial charge < -0.3 is 0 Å². The quantitative estimate of drug-likeness (QED) is 0.406. The lowest BCUT2D eigenvalue weighted by atomic mass is 10.2. The summed E-state index contributed by atoms with van der Waals surface area (Å²) in [6, 6.07) is 3.84. The van der Waals surface area contributed by atoms with Gasteiger partial charge >= 0.3 is 6.18 Å². The van der Waals surface area contributed by atoms with Crippen LogP contribution < -0.4 is 0 Å². The van der Waals surface area contributed by atoms with Crippen LogP contribution in [-0.2, 0) is 6.18 Å². The minimum Gasteiger partial charge on any atom is -0.248 e. The van der Waals surface area contributed by atoms with E-state index in [0.717, 1.165) is 12.1 Å². The van der Waals surface area contributed by atoms with E-state index in [9.17, 15) is 17.6 Å². The largest absolute Gasteiger partial charge is 0.419 e. The first-order valence-corrected chi connectivity index (χ1v) is 3.70. The van der Waals surface area contributed by atoms with Crippen molar-refractivity contribution in [2.45, 2.75) is 6.18 Å². The van der Waals surface area contributed by atoms with Crippen molar-refractivity contribution >= 4 is 17.4 Å². The number of halogens is 4. The Kier molecular flexibility index (Phi) is 4.97. The number of thiocarbonyl (C=S) groups is 1. The molecular formula is C8H5F4NS. The zero-order valence-electron chi connectivity index (χ0n) is 6.73. The lowest BCUT2D eigenvalue weighted by Crippen LogP contribution is -2.07. The molecule has 0 aliphatic rings. The average Bonchev–Trinajstić information content (AvgIpc) is 2.04. The van der Waals surface area contributed by atoms with Crippen molar-refractivity contribution < 1.29 is 17.6 Å². The number of rotatable bonds is 0. The summed E-state index contributed by atoms with van der Waals surface area (Å²) in [5, 5.41) is 7.36. The molecule has 0 spiro atoms. The smallest absolute Gasteiger partial charge is 0.248 e. The Labute approximate surface area is 82.9 Å². The van der Waals surface area contributed by atoms with Gasteiger partial charge in [-0.05, 0) is 24.4 Å². The van der Waals surface area contributed by atoms with Crippen molar-refractivity contribution in [1.29, 1.82) is 5.41 Å². The van der Waals surface area contributed by atoms with Gasteiger partial charge in [-0.1, -0.05) is 12.1 Å². The maximum atomic E-state index is 12.4. The minimum absolute atomic E-state index is 0.704. The molecule has 1 nitrogen and oxygen atoms in total. The highest BCUT2D eigenvalue weighted by Gasteiger charge is 2.33. The molecule has 0 aliphatic heterocycles. The highest BCUT2D eigenvalue weighted by Crippen LogP contribution is 2.30. The molecule has 14 heavy (non-hydrogen) atoms. The van der Waals surface area contributed by atoms with Gasteiger partial charge in [-0.2, -0.15) is 13.2 Å². The third-order valence-electron chi connectivity index (χ3n) is 1.18. The second kappa shape index (κ2) is 5.47. The van der Waals surface area contributed by atoms with Crippen LogP contribution in [0.5, 0.6) is 0 Å². The van der Waals surface area contributed by atoms with E-state index in [1.165, 1.54) is 6.07 Å². The van der Waals surface area contributed by atoms with Gasteiger partial charge in [0.05, 0.1) is 10.7 Å². The van der Waals surface area contributed by atoms with Crippen LogP contribution >= 0.6 is 12.2 Å². The Morgan fingerprint density at radius 2 is 1.64 bits per heavy atom. The fourth-order valence-corrected chi connectivity index (χ4v) is 0.691. The predicted molar refractivity (Wildman–Crippen MR) is 46.7 cm³/mol. The van der Waals surface area contributed by atoms with Crippen molar-refractivity contribution in [3.63, 3.8) is 0 Å². The summed E-state index contributed by atoms with van der Waals surface area (Å²) in [7, 11) is 0. The molecule has 0 atom stereocenters. The number of nitrogens with one attached hydrogen (secondary N) is 1. The van der Waals surface area contributed by atoms with Crippen molar-refractivity contribution in [2.75, 3.05) is 0 Å². The first-order valence-electron chi connectivity index (χ1n) is 3.29. The molecule has 76 valence electrons. The third kappa shape index (κ3) is 4.11. The van der Waals surface area contributed by atoms with E-state index < -0.39 is 17.6 Å². The molecule has 0 amide bonds. The standard InChI is InChI=1S/C7H4F4.CHNS/c8-6-4-2-1-3-5(6)7(9,10)11;2-1-3/h1-4H;2H. The monoisotopic (exact) mass is 223 g/mol. The lowest BCUT2D eigenvalue weighted by Gasteiger charge is -2.05. The molecule has 1 aromatic carbocycles. The summed E-state index contributed by atoms with van der Waals surface area (Å²) in [6.07, 6.45) is -4.59. The van der Waals surface area contributed by atoms with Gasteiger partial charge in [0.2, 0.25) is 0 Å². The topological polar surface area (TPSA) is 23.9 Å². The molecule has 0 saturated heterocycles. The van der Waals surface area contributed by atoms with Gasteiger partial charge in [-0.25, -0.2) is 9.80 Å². The van der Waals surface area contributed by atoms with E-state index in [-0.39, 0.29) is 0 Å². The maximum absolute atomic E-state index is 12.4. The summed E-state index contributed by atoms with van der Waals surface area (Å²) < 4.78 is 47.8. The summed E-state index contributed by atoms with van der Waals surface area (Å²) in [5.74, 6) is -1.24. The zero-order chi connectivity index (χ0) is 11.2.